The maximum absolute atomic E-state index is 12.2. The molecule has 0 saturated carbocycles. The zero-order chi connectivity index (χ0) is 14.6. The first-order chi connectivity index (χ1) is 8.79. The Hall–Kier alpha value is -1.43. The van der Waals surface area contributed by atoms with Gasteiger partial charge in [-0.25, -0.2) is 13.2 Å². The summed E-state index contributed by atoms with van der Waals surface area (Å²) in [6.45, 7) is 5.37. The van der Waals surface area contributed by atoms with E-state index in [0.29, 0.717) is 0 Å². The second-order valence-electron chi connectivity index (χ2n) is 4.75. The van der Waals surface area contributed by atoms with Crippen LogP contribution in [0.25, 0.3) is 0 Å². The number of nitrogens with zero attached hydrogens (tertiary/aromatic N) is 1. The van der Waals surface area contributed by atoms with Crippen LogP contribution in [0.15, 0.2) is 18.3 Å². The lowest BCUT2D eigenvalue weighted by molar-refractivity contribution is 0.0599. The highest BCUT2D eigenvalue weighted by Gasteiger charge is 2.27. The summed E-state index contributed by atoms with van der Waals surface area (Å²) in [6.07, 6.45) is 1.47. The number of hydrogen-bond donors (Lipinski definition) is 0. The largest absolute Gasteiger partial charge is 0.465 e. The number of methoxy groups -OCH3 is 1. The molecular formula is C13H19NO4S. The molecule has 6 heteroatoms. The van der Waals surface area contributed by atoms with Gasteiger partial charge in [-0.3, -0.25) is 4.98 Å². The molecule has 1 atom stereocenters. The molecule has 0 aliphatic carbocycles. The van der Waals surface area contributed by atoms with Gasteiger partial charge in [-0.15, -0.1) is 0 Å². The van der Waals surface area contributed by atoms with Gasteiger partial charge in [0, 0.05) is 6.20 Å². The SMILES string of the molecule is COC(=O)c1cccnc1CS(=O)(=O)C(C)C(C)C. The number of ether oxygens (including phenoxy) is 1. The molecule has 1 unspecified atom stereocenters. The number of carbonyl (C=O) groups is 1. The summed E-state index contributed by atoms with van der Waals surface area (Å²) in [5, 5.41) is -0.486. The van der Waals surface area contributed by atoms with Gasteiger partial charge < -0.3 is 4.74 Å². The van der Waals surface area contributed by atoms with Gasteiger partial charge in [0.2, 0.25) is 0 Å². The van der Waals surface area contributed by atoms with Crippen LogP contribution in [0.5, 0.6) is 0 Å². The predicted octanol–water partition coefficient (Wildman–Crippen LogP) is 1.83. The minimum Gasteiger partial charge on any atom is -0.465 e. The summed E-state index contributed by atoms with van der Waals surface area (Å²) >= 11 is 0. The molecule has 0 radical (unpaired) electrons. The molecular weight excluding hydrogens is 266 g/mol. The highest BCUT2D eigenvalue weighted by molar-refractivity contribution is 7.91. The van der Waals surface area contributed by atoms with Gasteiger partial charge >= 0.3 is 5.97 Å². The molecule has 0 spiro atoms. The Balaban J connectivity index is 3.10. The number of esters is 1. The van der Waals surface area contributed by atoms with E-state index in [1.807, 2.05) is 13.8 Å². The number of hydrogen-bond acceptors (Lipinski definition) is 5. The third-order valence-electron chi connectivity index (χ3n) is 3.14. The lowest BCUT2D eigenvalue weighted by atomic mass is 10.2. The van der Waals surface area contributed by atoms with Crippen LogP contribution in [0, 0.1) is 5.92 Å². The Morgan fingerprint density at radius 3 is 2.53 bits per heavy atom. The van der Waals surface area contributed by atoms with Crippen molar-refractivity contribution in [1.82, 2.24) is 4.98 Å². The van der Waals surface area contributed by atoms with Crippen LogP contribution in [0.3, 0.4) is 0 Å². The molecule has 1 rings (SSSR count). The summed E-state index contributed by atoms with van der Waals surface area (Å²) in [7, 11) is -2.09. The Morgan fingerprint density at radius 1 is 1.37 bits per heavy atom. The van der Waals surface area contributed by atoms with Crippen LogP contribution in [0.2, 0.25) is 0 Å². The molecule has 0 fully saturated rings. The van der Waals surface area contributed by atoms with Gasteiger partial charge in [-0.1, -0.05) is 13.8 Å². The van der Waals surface area contributed by atoms with Gasteiger partial charge in [0.15, 0.2) is 9.84 Å². The second-order valence-corrected chi connectivity index (χ2v) is 7.10. The van der Waals surface area contributed by atoms with Gasteiger partial charge in [0.25, 0.3) is 0 Å². The maximum atomic E-state index is 12.2. The highest BCUT2D eigenvalue weighted by Crippen LogP contribution is 2.18. The van der Waals surface area contributed by atoms with E-state index in [4.69, 9.17) is 0 Å². The fourth-order valence-corrected chi connectivity index (χ4v) is 3.29. The smallest absolute Gasteiger partial charge is 0.339 e. The van der Waals surface area contributed by atoms with E-state index in [-0.39, 0.29) is 22.9 Å². The number of rotatable bonds is 5. The fourth-order valence-electron chi connectivity index (χ4n) is 1.59. The molecule has 19 heavy (non-hydrogen) atoms. The van der Waals surface area contributed by atoms with Crippen molar-refractivity contribution >= 4 is 15.8 Å². The van der Waals surface area contributed by atoms with E-state index in [9.17, 15) is 13.2 Å². The molecule has 0 bridgehead atoms. The van der Waals surface area contributed by atoms with Crippen molar-refractivity contribution in [3.05, 3.63) is 29.6 Å². The predicted molar refractivity (Wildman–Crippen MR) is 72.5 cm³/mol. The van der Waals surface area contributed by atoms with Crippen LogP contribution in [-0.4, -0.2) is 31.7 Å². The minimum absolute atomic E-state index is 0.00953. The average Bonchev–Trinajstić information content (AvgIpc) is 2.37. The normalized spacial score (nSPS) is 13.3. The summed E-state index contributed by atoms with van der Waals surface area (Å²) < 4.78 is 29.1. The maximum Gasteiger partial charge on any atom is 0.339 e. The van der Waals surface area contributed by atoms with E-state index >= 15 is 0 Å². The molecule has 5 nitrogen and oxygen atoms in total. The Morgan fingerprint density at radius 2 is 2.00 bits per heavy atom. The second kappa shape index (κ2) is 6.14. The number of pyridine rings is 1. The molecule has 106 valence electrons. The minimum atomic E-state index is -3.35. The van der Waals surface area contributed by atoms with Gasteiger partial charge in [-0.05, 0) is 25.0 Å². The van der Waals surface area contributed by atoms with Gasteiger partial charge in [0.05, 0.1) is 29.4 Å². The summed E-state index contributed by atoms with van der Waals surface area (Å²) in [4.78, 5) is 15.6. The highest BCUT2D eigenvalue weighted by atomic mass is 32.2. The molecule has 0 aliphatic heterocycles. The molecule has 0 aromatic carbocycles. The first-order valence-electron chi connectivity index (χ1n) is 6.03. The van der Waals surface area contributed by atoms with Crippen molar-refractivity contribution in [3.8, 4) is 0 Å². The quantitative estimate of drug-likeness (QED) is 0.772. The zero-order valence-electron chi connectivity index (χ0n) is 11.6. The summed E-state index contributed by atoms with van der Waals surface area (Å²) in [5.41, 5.74) is 0.436. The van der Waals surface area contributed by atoms with Crippen molar-refractivity contribution < 1.29 is 17.9 Å². The third kappa shape index (κ3) is 3.76. The topological polar surface area (TPSA) is 73.3 Å². The standard InChI is InChI=1S/C13H19NO4S/c1-9(2)10(3)19(16,17)8-12-11(13(15)18-4)6-5-7-14-12/h5-7,9-10H,8H2,1-4H3. The van der Waals surface area contributed by atoms with Crippen LogP contribution in [0.1, 0.15) is 36.8 Å². The molecule has 0 N–H and O–H groups in total. The Bertz CT molecular complexity index is 552. The molecule has 0 aliphatic rings. The molecule has 1 aromatic rings. The summed E-state index contributed by atoms with van der Waals surface area (Å²) in [5.74, 6) is -0.816. The number of aromatic nitrogens is 1. The van der Waals surface area contributed by atoms with E-state index in [1.54, 1.807) is 13.0 Å². The molecule has 1 heterocycles. The number of carbonyl (C=O) groups excluding carboxylic acids is 1. The van der Waals surface area contributed by atoms with Crippen LogP contribution in [0.4, 0.5) is 0 Å². The lowest BCUT2D eigenvalue weighted by Gasteiger charge is -2.16. The first kappa shape index (κ1) is 15.6. The lowest BCUT2D eigenvalue weighted by Crippen LogP contribution is -2.26. The molecule has 0 saturated heterocycles. The van der Waals surface area contributed by atoms with Crippen molar-refractivity contribution in [2.45, 2.75) is 31.8 Å². The third-order valence-corrected chi connectivity index (χ3v) is 5.49. The summed E-state index contributed by atoms with van der Waals surface area (Å²) in [6, 6.07) is 3.10. The van der Waals surface area contributed by atoms with Crippen molar-refractivity contribution in [2.75, 3.05) is 7.11 Å². The monoisotopic (exact) mass is 285 g/mol. The van der Waals surface area contributed by atoms with Crippen molar-refractivity contribution in [3.63, 3.8) is 0 Å². The van der Waals surface area contributed by atoms with Crippen LogP contribution >= 0.6 is 0 Å². The van der Waals surface area contributed by atoms with Crippen LogP contribution in [-0.2, 0) is 20.3 Å². The van der Waals surface area contributed by atoms with E-state index in [1.165, 1.54) is 19.4 Å². The molecule has 0 amide bonds. The fraction of sp³-hybridized carbons (Fsp3) is 0.538. The van der Waals surface area contributed by atoms with E-state index in [0.717, 1.165) is 0 Å². The molecule has 1 aromatic heterocycles. The van der Waals surface area contributed by atoms with Crippen molar-refractivity contribution in [2.24, 2.45) is 5.92 Å². The number of sulfone groups is 1. The zero-order valence-corrected chi connectivity index (χ0v) is 12.4. The first-order valence-corrected chi connectivity index (χ1v) is 7.75. The van der Waals surface area contributed by atoms with E-state index < -0.39 is 21.1 Å². The van der Waals surface area contributed by atoms with E-state index in [2.05, 4.69) is 9.72 Å². The van der Waals surface area contributed by atoms with Gasteiger partial charge in [-0.2, -0.15) is 0 Å². The Labute approximate surface area is 113 Å². The van der Waals surface area contributed by atoms with Gasteiger partial charge in [0.1, 0.15) is 0 Å². The Kier molecular flexibility index (Phi) is 5.05. The van der Waals surface area contributed by atoms with Crippen LogP contribution < -0.4 is 0 Å². The average molecular weight is 285 g/mol. The van der Waals surface area contributed by atoms with Crippen molar-refractivity contribution in [1.29, 1.82) is 0 Å².